The lowest BCUT2D eigenvalue weighted by Crippen LogP contribution is -2.14. The zero-order valence-electron chi connectivity index (χ0n) is 10.6. The first-order valence-corrected chi connectivity index (χ1v) is 5.94. The molecule has 0 aliphatic rings. The summed E-state index contributed by atoms with van der Waals surface area (Å²) in [4.78, 5) is 10.7. The molecule has 20 heavy (non-hydrogen) atoms. The fraction of sp³-hybridized carbons (Fsp3) is 0.333. The van der Waals surface area contributed by atoms with E-state index in [-0.39, 0.29) is 24.4 Å². The van der Waals surface area contributed by atoms with Gasteiger partial charge in [0, 0.05) is 6.54 Å². The Hall–Kier alpha value is -2.38. The van der Waals surface area contributed by atoms with Crippen molar-refractivity contribution in [3.8, 4) is 11.4 Å². The summed E-state index contributed by atoms with van der Waals surface area (Å²) in [5, 5.41) is 19.4. The Bertz CT molecular complexity index is 609. The Morgan fingerprint density at radius 3 is 2.65 bits per heavy atom. The zero-order valence-corrected chi connectivity index (χ0v) is 10.6. The molecule has 1 aromatic carbocycles. The molecule has 8 heteroatoms. The lowest BCUT2D eigenvalue weighted by atomic mass is 10.1. The van der Waals surface area contributed by atoms with E-state index in [1.807, 2.05) is 0 Å². The number of tetrazole rings is 1. The molecule has 0 bridgehead atoms. The van der Waals surface area contributed by atoms with Crippen LogP contribution in [-0.4, -0.2) is 31.3 Å². The number of carboxylic acid groups (broad SMARTS) is 1. The van der Waals surface area contributed by atoms with E-state index < -0.39 is 23.5 Å². The molecule has 6 nitrogen and oxygen atoms in total. The van der Waals surface area contributed by atoms with Crippen molar-refractivity contribution in [3.05, 3.63) is 29.8 Å². The van der Waals surface area contributed by atoms with Gasteiger partial charge >= 0.3 is 5.97 Å². The molecular weight excluding hydrogens is 270 g/mol. The molecule has 1 unspecified atom stereocenters. The summed E-state index contributed by atoms with van der Waals surface area (Å²) in [6, 6.07) is 3.46. The van der Waals surface area contributed by atoms with E-state index in [0.29, 0.717) is 0 Å². The molecule has 0 aliphatic carbocycles. The fourth-order valence-corrected chi connectivity index (χ4v) is 1.69. The lowest BCUT2D eigenvalue weighted by Gasteiger charge is -2.08. The molecule has 1 N–H and O–H groups in total. The molecule has 0 amide bonds. The van der Waals surface area contributed by atoms with Crippen molar-refractivity contribution in [3.63, 3.8) is 0 Å². The topological polar surface area (TPSA) is 80.9 Å². The van der Waals surface area contributed by atoms with Crippen LogP contribution in [0.4, 0.5) is 8.78 Å². The highest BCUT2D eigenvalue weighted by Gasteiger charge is 2.19. The number of hydrogen-bond donors (Lipinski definition) is 1. The van der Waals surface area contributed by atoms with Crippen LogP contribution in [0.3, 0.4) is 0 Å². The maximum absolute atomic E-state index is 13.7. The quantitative estimate of drug-likeness (QED) is 0.903. The molecule has 0 fully saturated rings. The number of carboxylic acids is 1. The van der Waals surface area contributed by atoms with Gasteiger partial charge in [-0.1, -0.05) is 13.0 Å². The highest BCUT2D eigenvalue weighted by Crippen LogP contribution is 2.23. The summed E-state index contributed by atoms with van der Waals surface area (Å²) in [6.45, 7) is 1.69. The number of halogens is 2. The monoisotopic (exact) mass is 282 g/mol. The average Bonchev–Trinajstić information content (AvgIpc) is 2.84. The number of aliphatic carboxylic acids is 1. The number of aromatic nitrogens is 4. The van der Waals surface area contributed by atoms with E-state index in [2.05, 4.69) is 15.5 Å². The lowest BCUT2D eigenvalue weighted by molar-refractivity contribution is -0.141. The third-order valence-corrected chi connectivity index (χ3v) is 2.91. The Kier molecular flexibility index (Phi) is 4.02. The summed E-state index contributed by atoms with van der Waals surface area (Å²) in [5.74, 6) is -3.15. The van der Waals surface area contributed by atoms with E-state index in [0.717, 1.165) is 12.1 Å². The number of aryl methyl sites for hydroxylation is 1. The van der Waals surface area contributed by atoms with Gasteiger partial charge in [0.15, 0.2) is 5.82 Å². The Morgan fingerprint density at radius 1 is 1.40 bits per heavy atom. The summed E-state index contributed by atoms with van der Waals surface area (Å²) < 4.78 is 28.6. The molecule has 0 radical (unpaired) electrons. The van der Waals surface area contributed by atoms with Gasteiger partial charge in [-0.05, 0) is 29.0 Å². The zero-order chi connectivity index (χ0) is 14.7. The van der Waals surface area contributed by atoms with Crippen LogP contribution < -0.4 is 0 Å². The van der Waals surface area contributed by atoms with Gasteiger partial charge in [-0.3, -0.25) is 4.79 Å². The summed E-state index contributed by atoms with van der Waals surface area (Å²) in [5.41, 5.74) is -0.319. The van der Waals surface area contributed by atoms with Crippen molar-refractivity contribution < 1.29 is 18.7 Å². The van der Waals surface area contributed by atoms with Crippen LogP contribution >= 0.6 is 0 Å². The van der Waals surface area contributed by atoms with Gasteiger partial charge in [-0.15, -0.1) is 5.10 Å². The largest absolute Gasteiger partial charge is 0.481 e. The first-order chi connectivity index (χ1) is 9.50. The van der Waals surface area contributed by atoms with Gasteiger partial charge in [0.25, 0.3) is 0 Å². The number of rotatable bonds is 5. The van der Waals surface area contributed by atoms with Crippen molar-refractivity contribution >= 4 is 5.97 Å². The van der Waals surface area contributed by atoms with Gasteiger partial charge in [0.1, 0.15) is 11.6 Å². The van der Waals surface area contributed by atoms with Crippen LogP contribution in [0.15, 0.2) is 18.2 Å². The first-order valence-electron chi connectivity index (χ1n) is 5.94. The molecule has 1 aromatic heterocycles. The van der Waals surface area contributed by atoms with Crippen LogP contribution in [0.25, 0.3) is 11.4 Å². The minimum absolute atomic E-state index is 0.0572. The number of hydrogen-bond acceptors (Lipinski definition) is 4. The summed E-state index contributed by atoms with van der Waals surface area (Å²) >= 11 is 0. The van der Waals surface area contributed by atoms with Crippen LogP contribution in [0.5, 0.6) is 0 Å². The maximum atomic E-state index is 13.7. The molecule has 2 rings (SSSR count). The molecule has 1 heterocycles. The molecule has 106 valence electrons. The summed E-state index contributed by atoms with van der Waals surface area (Å²) in [6.07, 6.45) is 0.253. The Balaban J connectivity index is 2.27. The Morgan fingerprint density at radius 2 is 2.05 bits per heavy atom. The average molecular weight is 282 g/mol. The second-order valence-corrected chi connectivity index (χ2v) is 4.35. The van der Waals surface area contributed by atoms with Gasteiger partial charge < -0.3 is 5.11 Å². The van der Waals surface area contributed by atoms with E-state index in [1.165, 1.54) is 17.7 Å². The molecule has 2 aromatic rings. The fourth-order valence-electron chi connectivity index (χ4n) is 1.69. The number of carbonyl (C=O) groups is 1. The minimum atomic E-state index is -0.948. The van der Waals surface area contributed by atoms with Crippen LogP contribution in [0.2, 0.25) is 0 Å². The predicted octanol–water partition coefficient (Wildman–Crippen LogP) is 1.73. The normalized spacial score (nSPS) is 12.3. The predicted molar refractivity (Wildman–Crippen MR) is 64.6 cm³/mol. The SMILES string of the molecule is CC(CCn1nnnc1-c1c(F)cccc1F)C(=O)O. The molecule has 1 atom stereocenters. The Labute approximate surface area is 113 Å². The second-order valence-electron chi connectivity index (χ2n) is 4.35. The molecule has 0 saturated carbocycles. The van der Waals surface area contributed by atoms with Crippen molar-refractivity contribution in [2.75, 3.05) is 0 Å². The summed E-state index contributed by atoms with van der Waals surface area (Å²) in [7, 11) is 0. The van der Waals surface area contributed by atoms with E-state index in [9.17, 15) is 13.6 Å². The highest BCUT2D eigenvalue weighted by molar-refractivity contribution is 5.69. The molecule has 0 spiro atoms. The second kappa shape index (κ2) is 5.72. The smallest absolute Gasteiger partial charge is 0.306 e. The van der Waals surface area contributed by atoms with Gasteiger partial charge in [-0.2, -0.15) is 0 Å². The minimum Gasteiger partial charge on any atom is -0.481 e. The molecule has 0 saturated heterocycles. The van der Waals surface area contributed by atoms with Crippen LogP contribution in [0, 0.1) is 17.6 Å². The van der Waals surface area contributed by atoms with Crippen molar-refractivity contribution in [2.45, 2.75) is 19.9 Å². The third kappa shape index (κ3) is 2.79. The first kappa shape index (κ1) is 14.0. The van der Waals surface area contributed by atoms with Crippen molar-refractivity contribution in [2.24, 2.45) is 5.92 Å². The van der Waals surface area contributed by atoms with E-state index >= 15 is 0 Å². The van der Waals surface area contributed by atoms with Gasteiger partial charge in [0.05, 0.1) is 11.5 Å². The molecule has 0 aliphatic heterocycles. The van der Waals surface area contributed by atoms with Gasteiger partial charge in [-0.25, -0.2) is 13.5 Å². The van der Waals surface area contributed by atoms with Crippen LogP contribution in [0.1, 0.15) is 13.3 Å². The van der Waals surface area contributed by atoms with E-state index in [4.69, 9.17) is 5.11 Å². The molecular formula is C12H12F2N4O2. The standard InChI is InChI=1S/C12H12F2N4O2/c1-7(12(19)20)5-6-18-11(15-16-17-18)10-8(13)3-2-4-9(10)14/h2-4,7H,5-6H2,1H3,(H,19,20). The van der Waals surface area contributed by atoms with Crippen molar-refractivity contribution in [1.29, 1.82) is 0 Å². The number of benzene rings is 1. The van der Waals surface area contributed by atoms with Crippen LogP contribution in [-0.2, 0) is 11.3 Å². The number of nitrogens with zero attached hydrogens (tertiary/aromatic N) is 4. The van der Waals surface area contributed by atoms with Gasteiger partial charge in [0.2, 0.25) is 0 Å². The highest BCUT2D eigenvalue weighted by atomic mass is 19.1. The van der Waals surface area contributed by atoms with Crippen molar-refractivity contribution in [1.82, 2.24) is 20.2 Å². The maximum Gasteiger partial charge on any atom is 0.306 e. The van der Waals surface area contributed by atoms with E-state index in [1.54, 1.807) is 0 Å². The third-order valence-electron chi connectivity index (χ3n) is 2.91.